The van der Waals surface area contributed by atoms with Gasteiger partial charge in [0.25, 0.3) is 0 Å². The van der Waals surface area contributed by atoms with Gasteiger partial charge < -0.3 is 15.3 Å². The highest BCUT2D eigenvalue weighted by Crippen LogP contribution is 2.33. The Morgan fingerprint density at radius 3 is 2.67 bits per heavy atom. The minimum Gasteiger partial charge on any atom is -0.392 e. The molecule has 4 nitrogen and oxygen atoms in total. The number of para-hydroxylation sites is 1. The number of hydrogen-bond acceptors (Lipinski definition) is 3. The molecule has 0 bridgehead atoms. The summed E-state index contributed by atoms with van der Waals surface area (Å²) in [6, 6.07) is 7.96. The number of carbonyl (C=O) groups is 1. The molecule has 2 N–H and O–H groups in total. The molecule has 2 rings (SSSR count). The Morgan fingerprint density at radius 1 is 1.33 bits per heavy atom. The number of amides is 1. The van der Waals surface area contributed by atoms with E-state index in [1.807, 2.05) is 25.2 Å². The Balaban J connectivity index is 2.07. The van der Waals surface area contributed by atoms with Crippen molar-refractivity contribution >= 4 is 11.6 Å². The van der Waals surface area contributed by atoms with Gasteiger partial charge in [0.05, 0.1) is 6.10 Å². The predicted molar refractivity (Wildman–Crippen MR) is 85.3 cm³/mol. The summed E-state index contributed by atoms with van der Waals surface area (Å²) < 4.78 is 0. The van der Waals surface area contributed by atoms with Gasteiger partial charge in [-0.1, -0.05) is 44.9 Å². The van der Waals surface area contributed by atoms with Crippen LogP contribution in [0.2, 0.25) is 0 Å². The van der Waals surface area contributed by atoms with Crippen molar-refractivity contribution in [2.75, 3.05) is 18.5 Å². The average Bonchev–Trinajstić information content (AvgIpc) is 2.50. The Bertz CT molecular complexity index is 485. The number of fused-ring (bicyclic) bond motifs is 1. The van der Waals surface area contributed by atoms with Gasteiger partial charge in [-0.3, -0.25) is 4.79 Å². The van der Waals surface area contributed by atoms with Gasteiger partial charge in [0.1, 0.15) is 0 Å². The quantitative estimate of drug-likeness (QED) is 0.846. The summed E-state index contributed by atoms with van der Waals surface area (Å²) in [5, 5.41) is 13.6. The highest BCUT2D eigenvalue weighted by atomic mass is 16.3. The van der Waals surface area contributed by atoms with Crippen LogP contribution in [0.3, 0.4) is 0 Å². The lowest BCUT2D eigenvalue weighted by molar-refractivity contribution is -0.119. The van der Waals surface area contributed by atoms with E-state index in [4.69, 9.17) is 0 Å². The second-order valence-corrected chi connectivity index (χ2v) is 5.82. The highest BCUT2D eigenvalue weighted by Gasteiger charge is 2.29. The lowest BCUT2D eigenvalue weighted by atomic mass is 9.94. The van der Waals surface area contributed by atoms with Gasteiger partial charge in [-0.25, -0.2) is 0 Å². The van der Waals surface area contributed by atoms with Crippen LogP contribution in [0, 0.1) is 5.92 Å². The van der Waals surface area contributed by atoms with Crippen LogP contribution in [-0.2, 0) is 4.79 Å². The summed E-state index contributed by atoms with van der Waals surface area (Å²) >= 11 is 0. The van der Waals surface area contributed by atoms with Crippen molar-refractivity contribution in [1.29, 1.82) is 0 Å². The van der Waals surface area contributed by atoms with E-state index in [2.05, 4.69) is 25.2 Å². The molecule has 1 aliphatic rings. The van der Waals surface area contributed by atoms with E-state index in [9.17, 15) is 9.90 Å². The van der Waals surface area contributed by atoms with Crippen LogP contribution in [0.4, 0.5) is 5.69 Å². The zero-order valence-corrected chi connectivity index (χ0v) is 13.2. The van der Waals surface area contributed by atoms with E-state index in [1.54, 1.807) is 4.90 Å². The lowest BCUT2D eigenvalue weighted by Crippen LogP contribution is -2.41. The second kappa shape index (κ2) is 7.05. The number of rotatable bonds is 6. The van der Waals surface area contributed by atoms with Crippen LogP contribution >= 0.6 is 0 Å². The number of aliphatic hydroxyl groups excluding tert-OH is 1. The standard InChI is InChI=1S/C17H26N2O2/c1-4-12(5-2)16(20)11-18-14-10-17(21)19(3)15-9-7-6-8-13(14)15/h6-9,12,14,16,18,20H,4-5,10-11H2,1-3H3. The van der Waals surface area contributed by atoms with E-state index in [0.717, 1.165) is 24.1 Å². The molecule has 21 heavy (non-hydrogen) atoms. The zero-order chi connectivity index (χ0) is 15.4. The normalized spacial score (nSPS) is 19.8. The molecule has 2 atom stereocenters. The summed E-state index contributed by atoms with van der Waals surface area (Å²) in [6.45, 7) is 4.74. The SMILES string of the molecule is CCC(CC)C(O)CNC1CC(=O)N(C)c2ccccc21. The van der Waals surface area contributed by atoms with Crippen molar-refractivity contribution < 1.29 is 9.90 Å². The van der Waals surface area contributed by atoms with Crippen molar-refractivity contribution in [1.82, 2.24) is 5.32 Å². The van der Waals surface area contributed by atoms with E-state index in [1.165, 1.54) is 0 Å². The molecule has 0 saturated carbocycles. The third kappa shape index (κ3) is 3.44. The predicted octanol–water partition coefficient (Wildman–Crippen LogP) is 2.48. The number of nitrogens with one attached hydrogen (secondary N) is 1. The molecule has 1 aromatic rings. The summed E-state index contributed by atoms with van der Waals surface area (Å²) in [5.74, 6) is 0.429. The largest absolute Gasteiger partial charge is 0.392 e. The van der Waals surface area contributed by atoms with Crippen LogP contribution < -0.4 is 10.2 Å². The molecule has 0 fully saturated rings. The molecule has 2 unspecified atom stereocenters. The van der Waals surface area contributed by atoms with Crippen LogP contribution in [0.1, 0.15) is 44.7 Å². The monoisotopic (exact) mass is 290 g/mol. The molecule has 116 valence electrons. The molecular weight excluding hydrogens is 264 g/mol. The maximum absolute atomic E-state index is 12.1. The number of benzene rings is 1. The highest BCUT2D eigenvalue weighted by molar-refractivity contribution is 5.96. The lowest BCUT2D eigenvalue weighted by Gasteiger charge is -2.33. The molecule has 0 saturated heterocycles. The van der Waals surface area contributed by atoms with E-state index in [-0.39, 0.29) is 18.1 Å². The molecule has 0 aliphatic carbocycles. The topological polar surface area (TPSA) is 52.6 Å². The summed E-state index contributed by atoms with van der Waals surface area (Å²) in [7, 11) is 1.82. The van der Waals surface area contributed by atoms with Crippen LogP contribution in [0.25, 0.3) is 0 Å². The molecule has 1 aromatic carbocycles. The second-order valence-electron chi connectivity index (χ2n) is 5.82. The summed E-state index contributed by atoms with van der Waals surface area (Å²) in [4.78, 5) is 13.8. The molecule has 1 aliphatic heterocycles. The van der Waals surface area contributed by atoms with Gasteiger partial charge in [-0.2, -0.15) is 0 Å². The third-order valence-corrected chi connectivity index (χ3v) is 4.59. The van der Waals surface area contributed by atoms with Gasteiger partial charge in [0.2, 0.25) is 5.91 Å². The van der Waals surface area contributed by atoms with Crippen LogP contribution in [0.5, 0.6) is 0 Å². The Hall–Kier alpha value is -1.39. The maximum Gasteiger partial charge on any atom is 0.228 e. The van der Waals surface area contributed by atoms with E-state index in [0.29, 0.717) is 18.9 Å². The minimum absolute atomic E-state index is 0.00564. The average molecular weight is 290 g/mol. The fraction of sp³-hybridized carbons (Fsp3) is 0.588. The van der Waals surface area contributed by atoms with Gasteiger partial charge in [-0.05, 0) is 17.5 Å². The molecule has 0 radical (unpaired) electrons. The van der Waals surface area contributed by atoms with Gasteiger partial charge in [0, 0.05) is 31.7 Å². The molecule has 0 aromatic heterocycles. The molecule has 1 heterocycles. The van der Waals surface area contributed by atoms with E-state index < -0.39 is 0 Å². The first-order valence-corrected chi connectivity index (χ1v) is 7.85. The fourth-order valence-corrected chi connectivity index (χ4v) is 3.09. The van der Waals surface area contributed by atoms with Gasteiger partial charge in [-0.15, -0.1) is 0 Å². The van der Waals surface area contributed by atoms with Crippen LogP contribution in [0.15, 0.2) is 24.3 Å². The van der Waals surface area contributed by atoms with Crippen molar-refractivity contribution in [2.45, 2.75) is 45.3 Å². The Morgan fingerprint density at radius 2 is 2.00 bits per heavy atom. The van der Waals surface area contributed by atoms with Gasteiger partial charge in [0.15, 0.2) is 0 Å². The smallest absolute Gasteiger partial charge is 0.228 e. The van der Waals surface area contributed by atoms with Crippen molar-refractivity contribution in [2.24, 2.45) is 5.92 Å². The van der Waals surface area contributed by atoms with Crippen molar-refractivity contribution in [3.05, 3.63) is 29.8 Å². The third-order valence-electron chi connectivity index (χ3n) is 4.59. The first-order valence-electron chi connectivity index (χ1n) is 7.85. The summed E-state index contributed by atoms with van der Waals surface area (Å²) in [5.41, 5.74) is 2.10. The Labute approximate surface area is 127 Å². The number of aliphatic hydroxyl groups is 1. The zero-order valence-electron chi connectivity index (χ0n) is 13.2. The first kappa shape index (κ1) is 16.0. The minimum atomic E-state index is -0.359. The number of nitrogens with zero attached hydrogens (tertiary/aromatic N) is 1. The van der Waals surface area contributed by atoms with Crippen LogP contribution in [-0.4, -0.2) is 30.7 Å². The number of anilines is 1. The van der Waals surface area contributed by atoms with Crippen molar-refractivity contribution in [3.8, 4) is 0 Å². The number of carbonyl (C=O) groups excluding carboxylic acids is 1. The molecular formula is C17H26N2O2. The molecule has 4 heteroatoms. The van der Waals surface area contributed by atoms with Gasteiger partial charge >= 0.3 is 0 Å². The molecule has 0 spiro atoms. The Kier molecular flexibility index (Phi) is 5.37. The molecule has 1 amide bonds. The number of hydrogen-bond donors (Lipinski definition) is 2. The van der Waals surface area contributed by atoms with E-state index >= 15 is 0 Å². The maximum atomic E-state index is 12.1. The van der Waals surface area contributed by atoms with Crippen molar-refractivity contribution in [3.63, 3.8) is 0 Å². The fourth-order valence-electron chi connectivity index (χ4n) is 3.09. The summed E-state index contributed by atoms with van der Waals surface area (Å²) in [6.07, 6.45) is 2.04. The first-order chi connectivity index (χ1) is 10.1.